The number of carbonyl (C=O) groups excluding carboxylic acids is 2. The first-order chi connectivity index (χ1) is 11.5. The first kappa shape index (κ1) is 16.3. The van der Waals surface area contributed by atoms with E-state index in [2.05, 4.69) is 15.9 Å². The molecule has 1 heterocycles. The third-order valence-electron chi connectivity index (χ3n) is 3.52. The van der Waals surface area contributed by atoms with E-state index in [9.17, 15) is 9.59 Å². The smallest absolute Gasteiger partial charge is 0.341 e. The van der Waals surface area contributed by atoms with E-state index in [0.717, 1.165) is 0 Å². The van der Waals surface area contributed by atoms with Crippen LogP contribution in [-0.4, -0.2) is 19.0 Å². The van der Waals surface area contributed by atoms with Crippen LogP contribution < -0.4 is 4.74 Å². The number of rotatable bonds is 4. The Morgan fingerprint density at radius 1 is 1.08 bits per heavy atom. The molecule has 0 aromatic heterocycles. The molecule has 1 atom stereocenters. The summed E-state index contributed by atoms with van der Waals surface area (Å²) in [4.78, 5) is 24.2. The molecule has 3 rings (SSSR count). The minimum absolute atomic E-state index is 0.314. The Balaban J connectivity index is 1.99. The van der Waals surface area contributed by atoms with E-state index >= 15 is 0 Å². The highest BCUT2D eigenvalue weighted by molar-refractivity contribution is 9.11. The van der Waals surface area contributed by atoms with Crippen molar-refractivity contribution in [3.05, 3.63) is 76.3 Å². The molecule has 0 N–H and O–H groups in total. The zero-order valence-electron chi connectivity index (χ0n) is 12.7. The van der Waals surface area contributed by atoms with Crippen LogP contribution >= 0.6 is 15.9 Å². The van der Waals surface area contributed by atoms with Crippen molar-refractivity contribution in [3.63, 3.8) is 0 Å². The molecule has 0 bridgehead atoms. The SMILES string of the molecule is COc1ccc([C@]2(OC(=O)c3ccccc3)OC(=O)C=C2Br)cc1. The van der Waals surface area contributed by atoms with Crippen LogP contribution in [-0.2, 0) is 20.1 Å². The Bertz CT molecular complexity index is 798. The molecule has 0 radical (unpaired) electrons. The number of hydrogen-bond donors (Lipinski definition) is 0. The Morgan fingerprint density at radius 2 is 1.75 bits per heavy atom. The van der Waals surface area contributed by atoms with Gasteiger partial charge in [-0.1, -0.05) is 18.2 Å². The predicted octanol–water partition coefficient (Wildman–Crippen LogP) is 3.54. The summed E-state index contributed by atoms with van der Waals surface area (Å²) in [6.45, 7) is 0. The molecule has 0 amide bonds. The van der Waals surface area contributed by atoms with Gasteiger partial charge in [-0.15, -0.1) is 0 Å². The van der Waals surface area contributed by atoms with Crippen molar-refractivity contribution in [2.24, 2.45) is 0 Å². The van der Waals surface area contributed by atoms with Crippen molar-refractivity contribution in [1.82, 2.24) is 0 Å². The van der Waals surface area contributed by atoms with Gasteiger partial charge in [0, 0.05) is 11.6 Å². The summed E-state index contributed by atoms with van der Waals surface area (Å²) in [5, 5.41) is 0. The molecule has 2 aromatic rings. The average Bonchev–Trinajstić information content (AvgIpc) is 2.90. The fourth-order valence-corrected chi connectivity index (χ4v) is 2.90. The summed E-state index contributed by atoms with van der Waals surface area (Å²) in [5.41, 5.74) is 0.843. The van der Waals surface area contributed by atoms with Crippen LogP contribution in [0.3, 0.4) is 0 Å². The molecular formula is C18H13BrO5. The number of hydrogen-bond acceptors (Lipinski definition) is 5. The van der Waals surface area contributed by atoms with E-state index in [0.29, 0.717) is 21.4 Å². The topological polar surface area (TPSA) is 61.8 Å². The lowest BCUT2D eigenvalue weighted by atomic mass is 10.1. The van der Waals surface area contributed by atoms with Gasteiger partial charge in [0.25, 0.3) is 0 Å². The van der Waals surface area contributed by atoms with Crippen LogP contribution in [0, 0.1) is 0 Å². The highest BCUT2D eigenvalue weighted by Gasteiger charge is 2.48. The molecule has 5 nitrogen and oxygen atoms in total. The maximum absolute atomic E-state index is 12.5. The van der Waals surface area contributed by atoms with Crippen molar-refractivity contribution < 1.29 is 23.8 Å². The molecule has 1 aliphatic heterocycles. The van der Waals surface area contributed by atoms with Gasteiger partial charge in [0.05, 0.1) is 17.2 Å². The minimum Gasteiger partial charge on any atom is -0.497 e. The van der Waals surface area contributed by atoms with E-state index in [4.69, 9.17) is 14.2 Å². The largest absolute Gasteiger partial charge is 0.497 e. The molecule has 24 heavy (non-hydrogen) atoms. The number of halogens is 1. The average molecular weight is 389 g/mol. The molecule has 0 spiro atoms. The van der Waals surface area contributed by atoms with Crippen LogP contribution in [0.5, 0.6) is 5.75 Å². The Labute approximate surface area is 147 Å². The molecule has 1 aliphatic rings. The Morgan fingerprint density at radius 3 is 2.29 bits per heavy atom. The number of esters is 2. The maximum Gasteiger partial charge on any atom is 0.341 e. The lowest BCUT2D eigenvalue weighted by Crippen LogP contribution is -2.34. The van der Waals surface area contributed by atoms with E-state index in [-0.39, 0.29) is 0 Å². The van der Waals surface area contributed by atoms with Gasteiger partial charge in [-0.25, -0.2) is 9.59 Å². The Hall–Kier alpha value is -2.60. The number of cyclic esters (lactones) is 1. The molecule has 0 fully saturated rings. The van der Waals surface area contributed by atoms with Gasteiger partial charge in [-0.2, -0.15) is 0 Å². The van der Waals surface area contributed by atoms with Gasteiger partial charge < -0.3 is 14.2 Å². The Kier molecular flexibility index (Phi) is 4.40. The van der Waals surface area contributed by atoms with Gasteiger partial charge in [0.15, 0.2) is 0 Å². The van der Waals surface area contributed by atoms with E-state index < -0.39 is 17.7 Å². The van der Waals surface area contributed by atoms with Crippen molar-refractivity contribution >= 4 is 27.9 Å². The number of methoxy groups -OCH3 is 1. The number of ether oxygens (including phenoxy) is 3. The third-order valence-corrected chi connectivity index (χ3v) is 4.27. The van der Waals surface area contributed by atoms with E-state index in [1.807, 2.05) is 0 Å². The molecule has 2 aromatic carbocycles. The van der Waals surface area contributed by atoms with Crippen LogP contribution in [0.2, 0.25) is 0 Å². The zero-order valence-corrected chi connectivity index (χ0v) is 14.3. The summed E-state index contributed by atoms with van der Waals surface area (Å²) < 4.78 is 16.4. The van der Waals surface area contributed by atoms with Crippen molar-refractivity contribution in [1.29, 1.82) is 0 Å². The van der Waals surface area contributed by atoms with Crippen LogP contribution in [0.25, 0.3) is 0 Å². The second-order valence-electron chi connectivity index (χ2n) is 5.01. The van der Waals surface area contributed by atoms with E-state index in [1.165, 1.54) is 6.08 Å². The lowest BCUT2D eigenvalue weighted by molar-refractivity contribution is -0.183. The highest BCUT2D eigenvalue weighted by atomic mass is 79.9. The van der Waals surface area contributed by atoms with Gasteiger partial charge in [0.2, 0.25) is 0 Å². The summed E-state index contributed by atoms with van der Waals surface area (Å²) in [5.74, 6) is -2.21. The van der Waals surface area contributed by atoms with Gasteiger partial charge >= 0.3 is 17.7 Å². The van der Waals surface area contributed by atoms with Crippen molar-refractivity contribution in [2.45, 2.75) is 5.79 Å². The first-order valence-corrected chi connectivity index (χ1v) is 7.88. The summed E-state index contributed by atoms with van der Waals surface area (Å²) in [6.07, 6.45) is 1.24. The van der Waals surface area contributed by atoms with Crippen molar-refractivity contribution in [3.8, 4) is 5.75 Å². The van der Waals surface area contributed by atoms with Gasteiger partial charge in [-0.05, 0) is 52.3 Å². The van der Waals surface area contributed by atoms with Crippen LogP contribution in [0.15, 0.2) is 65.2 Å². The predicted molar refractivity (Wildman–Crippen MR) is 89.6 cm³/mol. The van der Waals surface area contributed by atoms with Gasteiger partial charge in [0.1, 0.15) is 5.75 Å². The maximum atomic E-state index is 12.5. The zero-order chi connectivity index (χ0) is 17.2. The quantitative estimate of drug-likeness (QED) is 0.749. The molecular weight excluding hydrogens is 376 g/mol. The fraction of sp³-hybridized carbons (Fsp3) is 0.111. The second kappa shape index (κ2) is 6.49. The summed E-state index contributed by atoms with van der Waals surface area (Å²) in [7, 11) is 1.55. The summed E-state index contributed by atoms with van der Waals surface area (Å²) >= 11 is 3.28. The summed E-state index contributed by atoms with van der Waals surface area (Å²) in [6, 6.07) is 15.2. The molecule has 0 unspecified atom stereocenters. The molecule has 0 aliphatic carbocycles. The van der Waals surface area contributed by atoms with Crippen molar-refractivity contribution in [2.75, 3.05) is 7.11 Å². The second-order valence-corrected chi connectivity index (χ2v) is 5.87. The normalized spacial score (nSPS) is 19.4. The number of benzene rings is 2. The third kappa shape index (κ3) is 2.92. The first-order valence-electron chi connectivity index (χ1n) is 7.09. The fourth-order valence-electron chi connectivity index (χ4n) is 2.32. The van der Waals surface area contributed by atoms with Gasteiger partial charge in [-0.3, -0.25) is 0 Å². The van der Waals surface area contributed by atoms with Crippen LogP contribution in [0.1, 0.15) is 15.9 Å². The molecule has 0 saturated heterocycles. The lowest BCUT2D eigenvalue weighted by Gasteiger charge is -2.28. The highest BCUT2D eigenvalue weighted by Crippen LogP contribution is 2.43. The standard InChI is InChI=1S/C18H13BrO5/c1-22-14-9-7-13(8-10-14)18(15(19)11-16(20)23-18)24-17(21)12-5-3-2-4-6-12/h2-11H,1H3/t18-/m1/s1. The molecule has 0 saturated carbocycles. The monoisotopic (exact) mass is 388 g/mol. The number of carbonyl (C=O) groups is 2. The van der Waals surface area contributed by atoms with E-state index in [1.54, 1.807) is 61.7 Å². The van der Waals surface area contributed by atoms with Crippen LogP contribution in [0.4, 0.5) is 0 Å². The minimum atomic E-state index is -1.64. The molecule has 6 heteroatoms. The molecule has 122 valence electrons.